The van der Waals surface area contributed by atoms with E-state index in [-0.39, 0.29) is 18.1 Å². The Balaban J connectivity index is 1.64. The summed E-state index contributed by atoms with van der Waals surface area (Å²) in [5, 5.41) is 0. The number of ether oxygens (including phenoxy) is 2. The molecule has 8 nitrogen and oxygen atoms in total. The number of morpholine rings is 1. The SMILES string of the molecule is CC(=O)N1CCO[C@@H](C(C)Oc2nc(-c3ccc(N(C)C)cc3)cc3nccnc23)C1. The molecule has 2 aromatic heterocycles. The van der Waals surface area contributed by atoms with Crippen LogP contribution >= 0.6 is 0 Å². The molecule has 0 N–H and O–H groups in total. The van der Waals surface area contributed by atoms with Crippen molar-refractivity contribution >= 4 is 22.6 Å². The summed E-state index contributed by atoms with van der Waals surface area (Å²) in [6.07, 6.45) is 2.73. The molecule has 0 saturated carbocycles. The van der Waals surface area contributed by atoms with Gasteiger partial charge in [-0.3, -0.25) is 9.78 Å². The molecule has 0 aliphatic carbocycles. The third kappa shape index (κ3) is 4.59. The van der Waals surface area contributed by atoms with E-state index in [0.717, 1.165) is 16.9 Å². The fourth-order valence-electron chi connectivity index (χ4n) is 3.60. The lowest BCUT2D eigenvalue weighted by molar-refractivity contribution is -0.140. The van der Waals surface area contributed by atoms with Gasteiger partial charge in [0.1, 0.15) is 12.2 Å². The van der Waals surface area contributed by atoms with Crippen LogP contribution in [0.3, 0.4) is 0 Å². The Hall–Kier alpha value is -3.26. The van der Waals surface area contributed by atoms with Gasteiger partial charge < -0.3 is 19.3 Å². The zero-order valence-electron chi connectivity index (χ0n) is 18.3. The molecule has 2 atom stereocenters. The number of nitrogens with zero attached hydrogens (tertiary/aromatic N) is 5. The summed E-state index contributed by atoms with van der Waals surface area (Å²) in [6.45, 7) is 5.08. The molecule has 4 rings (SSSR count). The molecule has 31 heavy (non-hydrogen) atoms. The second-order valence-corrected chi connectivity index (χ2v) is 7.88. The number of pyridine rings is 1. The summed E-state index contributed by atoms with van der Waals surface area (Å²) in [6, 6.07) is 10.1. The highest BCUT2D eigenvalue weighted by atomic mass is 16.5. The van der Waals surface area contributed by atoms with Gasteiger partial charge in [-0.1, -0.05) is 12.1 Å². The second-order valence-electron chi connectivity index (χ2n) is 7.88. The minimum atomic E-state index is -0.314. The number of fused-ring (bicyclic) bond motifs is 1. The van der Waals surface area contributed by atoms with Crippen LogP contribution in [0, 0.1) is 0 Å². The Labute approximate surface area is 181 Å². The van der Waals surface area contributed by atoms with Gasteiger partial charge in [-0.15, -0.1) is 0 Å². The first-order valence-electron chi connectivity index (χ1n) is 10.4. The average Bonchev–Trinajstić information content (AvgIpc) is 2.79. The lowest BCUT2D eigenvalue weighted by atomic mass is 10.1. The monoisotopic (exact) mass is 421 g/mol. The van der Waals surface area contributed by atoms with Crippen molar-refractivity contribution in [2.24, 2.45) is 0 Å². The number of hydrogen-bond donors (Lipinski definition) is 0. The van der Waals surface area contributed by atoms with Gasteiger partial charge >= 0.3 is 0 Å². The van der Waals surface area contributed by atoms with Crippen molar-refractivity contribution in [1.82, 2.24) is 19.9 Å². The predicted molar refractivity (Wildman–Crippen MR) is 119 cm³/mol. The van der Waals surface area contributed by atoms with Crippen molar-refractivity contribution in [2.45, 2.75) is 26.1 Å². The lowest BCUT2D eigenvalue weighted by Crippen LogP contribution is -2.50. The molecule has 1 unspecified atom stereocenters. The molecule has 1 aliphatic heterocycles. The summed E-state index contributed by atoms with van der Waals surface area (Å²) in [4.78, 5) is 29.2. The van der Waals surface area contributed by atoms with Crippen molar-refractivity contribution in [3.63, 3.8) is 0 Å². The van der Waals surface area contributed by atoms with Crippen LogP contribution in [0.4, 0.5) is 5.69 Å². The van der Waals surface area contributed by atoms with Crippen molar-refractivity contribution < 1.29 is 14.3 Å². The summed E-state index contributed by atoms with van der Waals surface area (Å²) in [5.74, 6) is 0.450. The summed E-state index contributed by atoms with van der Waals surface area (Å²) in [5.41, 5.74) is 4.14. The van der Waals surface area contributed by atoms with Crippen molar-refractivity contribution in [1.29, 1.82) is 0 Å². The van der Waals surface area contributed by atoms with Crippen LogP contribution < -0.4 is 9.64 Å². The zero-order chi connectivity index (χ0) is 22.0. The topological polar surface area (TPSA) is 80.7 Å². The van der Waals surface area contributed by atoms with Gasteiger partial charge in [0.15, 0.2) is 5.52 Å². The number of aromatic nitrogens is 3. The maximum atomic E-state index is 11.8. The number of amides is 1. The quantitative estimate of drug-likeness (QED) is 0.627. The Morgan fingerprint density at radius 3 is 2.68 bits per heavy atom. The molecule has 1 aliphatic rings. The van der Waals surface area contributed by atoms with Gasteiger partial charge in [-0.05, 0) is 25.1 Å². The van der Waals surface area contributed by atoms with Crippen LogP contribution in [0.2, 0.25) is 0 Å². The zero-order valence-corrected chi connectivity index (χ0v) is 18.3. The molecule has 8 heteroatoms. The number of carbonyl (C=O) groups excluding carboxylic acids is 1. The molecule has 0 spiro atoms. The van der Waals surface area contributed by atoms with Crippen LogP contribution in [0.25, 0.3) is 22.3 Å². The predicted octanol–water partition coefficient (Wildman–Crippen LogP) is 2.77. The van der Waals surface area contributed by atoms with Gasteiger partial charge in [-0.2, -0.15) is 0 Å². The first kappa shape index (κ1) is 21.0. The van der Waals surface area contributed by atoms with Gasteiger partial charge in [0.25, 0.3) is 0 Å². The Morgan fingerprint density at radius 1 is 1.23 bits per heavy atom. The van der Waals surface area contributed by atoms with Crippen LogP contribution in [0.15, 0.2) is 42.7 Å². The minimum absolute atomic E-state index is 0.0399. The van der Waals surface area contributed by atoms with Crippen LogP contribution in [-0.4, -0.2) is 71.8 Å². The Bertz CT molecular complexity index is 1070. The molecule has 1 aromatic carbocycles. The van der Waals surface area contributed by atoms with Crippen LogP contribution in [-0.2, 0) is 9.53 Å². The molecular weight excluding hydrogens is 394 g/mol. The summed E-state index contributed by atoms with van der Waals surface area (Å²) >= 11 is 0. The van der Waals surface area contributed by atoms with Crippen molar-refractivity contribution in [3.8, 4) is 17.1 Å². The highest BCUT2D eigenvalue weighted by molar-refractivity contribution is 5.83. The van der Waals surface area contributed by atoms with E-state index in [0.29, 0.717) is 36.6 Å². The standard InChI is InChI=1S/C23H27N5O3/c1-15(21-14-28(16(2)29)11-12-30-21)31-23-22-20(24-9-10-25-22)13-19(26-23)17-5-7-18(8-6-17)27(3)4/h5-10,13,15,21H,11-12,14H2,1-4H3/t15?,21-/m1/s1. The van der Waals surface area contributed by atoms with E-state index in [2.05, 4.69) is 9.97 Å². The maximum Gasteiger partial charge on any atom is 0.243 e. The molecule has 1 fully saturated rings. The number of rotatable bonds is 5. The largest absolute Gasteiger partial charge is 0.470 e. The number of hydrogen-bond acceptors (Lipinski definition) is 7. The van der Waals surface area contributed by atoms with Crippen LogP contribution in [0.1, 0.15) is 13.8 Å². The fourth-order valence-corrected chi connectivity index (χ4v) is 3.60. The smallest absolute Gasteiger partial charge is 0.243 e. The first-order chi connectivity index (χ1) is 14.9. The van der Waals surface area contributed by atoms with E-state index >= 15 is 0 Å². The fraction of sp³-hybridized carbons (Fsp3) is 0.391. The molecule has 1 saturated heterocycles. The van der Waals surface area contributed by atoms with E-state index in [1.54, 1.807) is 24.2 Å². The number of benzene rings is 1. The van der Waals surface area contributed by atoms with E-state index in [9.17, 15) is 4.79 Å². The Morgan fingerprint density at radius 2 is 1.97 bits per heavy atom. The Kier molecular flexibility index (Phi) is 5.99. The van der Waals surface area contributed by atoms with Gasteiger partial charge in [0, 0.05) is 51.2 Å². The van der Waals surface area contributed by atoms with E-state index < -0.39 is 0 Å². The average molecular weight is 422 g/mol. The van der Waals surface area contributed by atoms with Gasteiger partial charge in [0.2, 0.25) is 11.8 Å². The second kappa shape index (κ2) is 8.85. The maximum absolute atomic E-state index is 11.8. The normalized spacial score (nSPS) is 17.4. The van der Waals surface area contributed by atoms with Crippen molar-refractivity contribution in [2.75, 3.05) is 38.7 Å². The number of carbonyl (C=O) groups is 1. The molecular formula is C23H27N5O3. The summed E-state index contributed by atoms with van der Waals surface area (Å²) < 4.78 is 12.1. The molecule has 162 valence electrons. The van der Waals surface area contributed by atoms with E-state index in [1.807, 2.05) is 56.3 Å². The lowest BCUT2D eigenvalue weighted by Gasteiger charge is -2.35. The van der Waals surface area contributed by atoms with Gasteiger partial charge in [-0.25, -0.2) is 9.97 Å². The third-order valence-corrected chi connectivity index (χ3v) is 5.46. The minimum Gasteiger partial charge on any atom is -0.470 e. The number of anilines is 1. The third-order valence-electron chi connectivity index (χ3n) is 5.46. The van der Waals surface area contributed by atoms with Crippen LogP contribution in [0.5, 0.6) is 5.88 Å². The summed E-state index contributed by atoms with van der Waals surface area (Å²) in [7, 11) is 4.01. The molecule has 3 aromatic rings. The van der Waals surface area contributed by atoms with Gasteiger partial charge in [0.05, 0.1) is 24.4 Å². The highest BCUT2D eigenvalue weighted by Gasteiger charge is 2.29. The molecule has 3 heterocycles. The highest BCUT2D eigenvalue weighted by Crippen LogP contribution is 2.29. The van der Waals surface area contributed by atoms with Crippen molar-refractivity contribution in [3.05, 3.63) is 42.7 Å². The van der Waals surface area contributed by atoms with E-state index in [1.165, 1.54) is 0 Å². The molecule has 1 amide bonds. The van der Waals surface area contributed by atoms with E-state index in [4.69, 9.17) is 14.5 Å². The molecule has 0 radical (unpaired) electrons. The first-order valence-corrected chi connectivity index (χ1v) is 10.4. The molecule has 0 bridgehead atoms.